The molecule has 0 saturated carbocycles. The minimum Gasteiger partial charge on any atom is -0.496 e. The van der Waals surface area contributed by atoms with Crippen molar-refractivity contribution in [3.8, 4) is 11.5 Å². The van der Waals surface area contributed by atoms with Gasteiger partial charge < -0.3 is 14.2 Å². The van der Waals surface area contributed by atoms with Crippen LogP contribution in [0.2, 0.25) is 5.02 Å². The normalized spacial score (nSPS) is 15.3. The van der Waals surface area contributed by atoms with Crippen molar-refractivity contribution in [2.75, 3.05) is 13.7 Å². The van der Waals surface area contributed by atoms with Crippen molar-refractivity contribution in [3.63, 3.8) is 0 Å². The number of thiazole rings is 1. The third-order valence-corrected chi connectivity index (χ3v) is 7.16. The fourth-order valence-corrected chi connectivity index (χ4v) is 5.63. The summed E-state index contributed by atoms with van der Waals surface area (Å²) in [5.74, 6) is 0.668. The van der Waals surface area contributed by atoms with Crippen LogP contribution in [0.15, 0.2) is 63.5 Å². The quantitative estimate of drug-likeness (QED) is 0.347. The van der Waals surface area contributed by atoms with Crippen LogP contribution in [0.1, 0.15) is 57.7 Å². The summed E-state index contributed by atoms with van der Waals surface area (Å²) in [6.07, 6.45) is 3.09. The van der Waals surface area contributed by atoms with E-state index in [1.165, 1.54) is 11.3 Å². The van der Waals surface area contributed by atoms with Gasteiger partial charge in [0, 0.05) is 16.1 Å². The molecular formula is C29H31ClN2O5S. The van der Waals surface area contributed by atoms with E-state index in [-0.39, 0.29) is 18.3 Å². The predicted octanol–water partition coefficient (Wildman–Crippen LogP) is 5.03. The van der Waals surface area contributed by atoms with Gasteiger partial charge in [0.05, 0.1) is 35.6 Å². The highest BCUT2D eigenvalue weighted by molar-refractivity contribution is 7.07. The zero-order chi connectivity index (χ0) is 27.4. The maximum absolute atomic E-state index is 14.0. The Hall–Kier alpha value is -3.36. The summed E-state index contributed by atoms with van der Waals surface area (Å²) >= 11 is 7.67. The van der Waals surface area contributed by atoms with Gasteiger partial charge in [-0.3, -0.25) is 9.36 Å². The van der Waals surface area contributed by atoms with Crippen LogP contribution in [0.4, 0.5) is 0 Å². The van der Waals surface area contributed by atoms with Gasteiger partial charge in [-0.15, -0.1) is 0 Å². The maximum atomic E-state index is 14.0. The Labute approximate surface area is 230 Å². The van der Waals surface area contributed by atoms with E-state index in [4.69, 9.17) is 30.8 Å². The van der Waals surface area contributed by atoms with Gasteiger partial charge in [-0.2, -0.15) is 0 Å². The van der Waals surface area contributed by atoms with Crippen molar-refractivity contribution >= 4 is 35.0 Å². The largest absolute Gasteiger partial charge is 0.496 e. The molecule has 0 spiro atoms. The third-order valence-electron chi connectivity index (χ3n) is 5.95. The van der Waals surface area contributed by atoms with Gasteiger partial charge in [-0.1, -0.05) is 54.5 Å². The molecule has 1 atom stereocenters. The van der Waals surface area contributed by atoms with E-state index in [2.05, 4.69) is 0 Å². The number of nitrogens with zero attached hydrogens (tertiary/aromatic N) is 2. The van der Waals surface area contributed by atoms with Crippen molar-refractivity contribution in [2.45, 2.75) is 52.7 Å². The van der Waals surface area contributed by atoms with E-state index < -0.39 is 12.0 Å². The van der Waals surface area contributed by atoms with E-state index in [9.17, 15) is 9.59 Å². The first-order chi connectivity index (χ1) is 18.3. The summed E-state index contributed by atoms with van der Waals surface area (Å²) in [5, 5.41) is 0.458. The fourth-order valence-electron chi connectivity index (χ4n) is 4.44. The second-order valence-corrected chi connectivity index (χ2v) is 10.4. The molecule has 7 nitrogen and oxygen atoms in total. The van der Waals surface area contributed by atoms with Crippen LogP contribution >= 0.6 is 22.9 Å². The molecule has 1 aliphatic rings. The van der Waals surface area contributed by atoms with Crippen LogP contribution in [-0.2, 0) is 9.53 Å². The summed E-state index contributed by atoms with van der Waals surface area (Å²) in [7, 11) is 1.54. The number of halogens is 1. The van der Waals surface area contributed by atoms with Gasteiger partial charge in [0.15, 0.2) is 4.80 Å². The maximum Gasteiger partial charge on any atom is 0.338 e. The zero-order valence-electron chi connectivity index (χ0n) is 22.1. The van der Waals surface area contributed by atoms with Crippen molar-refractivity contribution in [1.29, 1.82) is 0 Å². The Kier molecular flexibility index (Phi) is 8.74. The second kappa shape index (κ2) is 12.0. The molecule has 0 saturated heterocycles. The number of hydrogen-bond donors (Lipinski definition) is 0. The Morgan fingerprint density at radius 3 is 2.63 bits per heavy atom. The highest BCUT2D eigenvalue weighted by Gasteiger charge is 2.36. The van der Waals surface area contributed by atoms with E-state index in [0.29, 0.717) is 49.1 Å². The SMILES string of the molecule is CCCC1=C(C(=O)OCC)[C@H](c2cc(Cl)ccc2OC)n2c(s/c(=C/c3ccccc3OC(C)C)c2=O)=N1. The van der Waals surface area contributed by atoms with Gasteiger partial charge in [0.25, 0.3) is 5.56 Å². The van der Waals surface area contributed by atoms with Crippen LogP contribution in [0.5, 0.6) is 11.5 Å². The lowest BCUT2D eigenvalue weighted by Crippen LogP contribution is -2.40. The predicted molar refractivity (Wildman–Crippen MR) is 150 cm³/mol. The van der Waals surface area contributed by atoms with Crippen molar-refractivity contribution in [2.24, 2.45) is 4.99 Å². The number of aromatic nitrogens is 1. The van der Waals surface area contributed by atoms with Gasteiger partial charge in [-0.05, 0) is 57.5 Å². The van der Waals surface area contributed by atoms with Crippen LogP contribution < -0.4 is 24.4 Å². The summed E-state index contributed by atoms with van der Waals surface area (Å²) in [6.45, 7) is 7.86. The summed E-state index contributed by atoms with van der Waals surface area (Å²) in [6, 6.07) is 11.9. The van der Waals surface area contributed by atoms with Crippen LogP contribution in [0.25, 0.3) is 6.08 Å². The number of ether oxygens (including phenoxy) is 3. The lowest BCUT2D eigenvalue weighted by Gasteiger charge is -2.27. The number of hydrogen-bond acceptors (Lipinski definition) is 7. The van der Waals surface area contributed by atoms with E-state index in [0.717, 1.165) is 12.0 Å². The Morgan fingerprint density at radius 1 is 1.18 bits per heavy atom. The minimum atomic E-state index is -0.815. The fraction of sp³-hybridized carbons (Fsp3) is 0.345. The highest BCUT2D eigenvalue weighted by atomic mass is 35.5. The summed E-state index contributed by atoms with van der Waals surface area (Å²) in [5.41, 5.74) is 1.99. The molecule has 2 aromatic carbocycles. The first-order valence-corrected chi connectivity index (χ1v) is 13.8. The zero-order valence-corrected chi connectivity index (χ0v) is 23.7. The lowest BCUT2D eigenvalue weighted by molar-refractivity contribution is -0.139. The van der Waals surface area contributed by atoms with Gasteiger partial charge >= 0.3 is 5.97 Å². The third kappa shape index (κ3) is 5.56. The molecule has 38 heavy (non-hydrogen) atoms. The van der Waals surface area contributed by atoms with E-state index >= 15 is 0 Å². The molecule has 0 amide bonds. The van der Waals surface area contributed by atoms with Crippen molar-refractivity contribution in [1.82, 2.24) is 4.57 Å². The summed E-state index contributed by atoms with van der Waals surface area (Å²) < 4.78 is 19.1. The van der Waals surface area contributed by atoms with Gasteiger partial charge in [-0.25, -0.2) is 9.79 Å². The van der Waals surface area contributed by atoms with Crippen LogP contribution in [0, 0.1) is 0 Å². The molecule has 0 radical (unpaired) electrons. The molecule has 1 aliphatic heterocycles. The summed E-state index contributed by atoms with van der Waals surface area (Å²) in [4.78, 5) is 32.7. The molecule has 200 valence electrons. The smallest absolute Gasteiger partial charge is 0.338 e. The number of rotatable bonds is 9. The highest BCUT2D eigenvalue weighted by Crippen LogP contribution is 2.38. The monoisotopic (exact) mass is 554 g/mol. The molecular weight excluding hydrogens is 524 g/mol. The Bertz CT molecular complexity index is 1550. The first-order valence-electron chi connectivity index (χ1n) is 12.6. The second-order valence-electron chi connectivity index (χ2n) is 9.00. The molecule has 0 fully saturated rings. The molecule has 0 bridgehead atoms. The van der Waals surface area contributed by atoms with Crippen molar-refractivity contribution < 1.29 is 19.0 Å². The molecule has 4 rings (SSSR count). The number of para-hydroxylation sites is 1. The Balaban J connectivity index is 2.03. The number of carbonyl (C=O) groups excluding carboxylic acids is 1. The molecule has 1 aromatic heterocycles. The molecule has 9 heteroatoms. The number of carbonyl (C=O) groups is 1. The number of fused-ring (bicyclic) bond motifs is 1. The standard InChI is InChI=1S/C29H31ClN2O5S/c1-6-10-21-25(28(34)36-7-2)26(20-16-19(30)13-14-23(20)35-5)32-27(33)24(38-29(32)31-21)15-18-11-8-9-12-22(18)37-17(3)4/h8-9,11-17,26H,6-7,10H2,1-5H3/b24-15+/t26-/m0/s1. The van der Waals surface area contributed by atoms with Gasteiger partial charge in [0.2, 0.25) is 0 Å². The number of benzene rings is 2. The molecule has 0 N–H and O–H groups in total. The average Bonchev–Trinajstić information content (AvgIpc) is 3.19. The topological polar surface area (TPSA) is 79.1 Å². The number of esters is 1. The molecule has 0 aliphatic carbocycles. The van der Waals surface area contributed by atoms with Gasteiger partial charge in [0.1, 0.15) is 17.5 Å². The Morgan fingerprint density at radius 2 is 1.95 bits per heavy atom. The molecule has 2 heterocycles. The van der Waals surface area contributed by atoms with E-state index in [1.807, 2.05) is 45.0 Å². The number of methoxy groups -OCH3 is 1. The molecule has 0 unspecified atom stereocenters. The van der Waals surface area contributed by atoms with Crippen molar-refractivity contribution in [3.05, 3.63) is 89.6 Å². The molecule has 3 aromatic rings. The minimum absolute atomic E-state index is 0.0233. The van der Waals surface area contributed by atoms with Crippen LogP contribution in [-0.4, -0.2) is 30.4 Å². The lowest BCUT2D eigenvalue weighted by atomic mass is 9.93. The first kappa shape index (κ1) is 27.7. The average molecular weight is 555 g/mol. The van der Waals surface area contributed by atoms with Crippen LogP contribution in [0.3, 0.4) is 0 Å². The van der Waals surface area contributed by atoms with E-state index in [1.54, 1.807) is 42.9 Å². The number of allylic oxidation sites excluding steroid dienone is 1.